The summed E-state index contributed by atoms with van der Waals surface area (Å²) in [5.41, 5.74) is 1.65. The van der Waals surface area contributed by atoms with Gasteiger partial charge in [-0.3, -0.25) is 0 Å². The maximum absolute atomic E-state index is 13.8. The van der Waals surface area contributed by atoms with Crippen molar-refractivity contribution in [2.45, 2.75) is 32.1 Å². The van der Waals surface area contributed by atoms with Crippen molar-refractivity contribution in [3.63, 3.8) is 0 Å². The number of anilines is 1. The number of aromatic nitrogens is 1. The van der Waals surface area contributed by atoms with Crippen LogP contribution in [-0.2, 0) is 19.1 Å². The Morgan fingerprint density at radius 1 is 1.15 bits per heavy atom. The van der Waals surface area contributed by atoms with Gasteiger partial charge in [0.25, 0.3) is 0 Å². The molecule has 9 heteroatoms. The zero-order valence-electron chi connectivity index (χ0n) is 17.7. The molecular weight excluding hydrogens is 438 g/mol. The number of hydrogen-bond donors (Lipinski definition) is 1. The largest absolute Gasteiger partial charge is 0.475 e. The maximum Gasteiger partial charge on any atom is 0.416 e. The predicted octanol–water partition coefficient (Wildman–Crippen LogP) is 5.59. The third kappa shape index (κ3) is 5.42. The van der Waals surface area contributed by atoms with E-state index in [2.05, 4.69) is 10.3 Å². The molecule has 0 fully saturated rings. The lowest BCUT2D eigenvalue weighted by Gasteiger charge is -2.36. The van der Waals surface area contributed by atoms with E-state index in [9.17, 15) is 22.4 Å². The molecule has 0 saturated heterocycles. The van der Waals surface area contributed by atoms with Crippen LogP contribution in [0.15, 0.2) is 60.8 Å². The van der Waals surface area contributed by atoms with Crippen LogP contribution in [-0.4, -0.2) is 28.6 Å². The first-order valence-electron chi connectivity index (χ1n) is 10.3. The number of rotatable bonds is 4. The minimum absolute atomic E-state index is 0.0274. The summed E-state index contributed by atoms with van der Waals surface area (Å²) in [7, 11) is 0. The molecule has 0 saturated carbocycles. The number of halogens is 4. The summed E-state index contributed by atoms with van der Waals surface area (Å²) in [6.45, 7) is 2.14. The third-order valence-electron chi connectivity index (χ3n) is 5.42. The molecule has 2 aromatic carbocycles. The van der Waals surface area contributed by atoms with Crippen LogP contribution >= 0.6 is 0 Å². The molecule has 1 aliphatic rings. The third-order valence-corrected chi connectivity index (χ3v) is 5.42. The van der Waals surface area contributed by atoms with Crippen LogP contribution in [0.4, 0.5) is 28.0 Å². The Morgan fingerprint density at radius 2 is 1.97 bits per heavy atom. The Balaban J connectivity index is 1.55. The molecule has 2 heterocycles. The number of urea groups is 1. The smallest absolute Gasteiger partial charge is 0.416 e. The number of nitrogens with one attached hydrogen (secondary N) is 1. The van der Waals surface area contributed by atoms with Gasteiger partial charge in [-0.25, -0.2) is 14.2 Å². The van der Waals surface area contributed by atoms with Crippen molar-refractivity contribution in [3.8, 4) is 5.88 Å². The molecule has 172 valence electrons. The van der Waals surface area contributed by atoms with Gasteiger partial charge in [-0.2, -0.15) is 13.2 Å². The number of ether oxygens (including phenoxy) is 1. The second kappa shape index (κ2) is 9.09. The van der Waals surface area contributed by atoms with Crippen molar-refractivity contribution < 1.29 is 27.1 Å². The molecule has 1 aromatic heterocycles. The zero-order valence-corrected chi connectivity index (χ0v) is 17.7. The highest BCUT2D eigenvalue weighted by Gasteiger charge is 2.33. The molecule has 2 amide bonds. The Morgan fingerprint density at radius 3 is 2.70 bits per heavy atom. The van der Waals surface area contributed by atoms with Gasteiger partial charge in [0.05, 0.1) is 11.6 Å². The Labute approximate surface area is 188 Å². The van der Waals surface area contributed by atoms with E-state index in [1.54, 1.807) is 18.3 Å². The minimum atomic E-state index is -4.52. The highest BCUT2D eigenvalue weighted by molar-refractivity contribution is 5.89. The number of nitrogens with zero attached hydrogens (tertiary/aromatic N) is 2. The molecule has 33 heavy (non-hydrogen) atoms. The number of amides is 2. The van der Waals surface area contributed by atoms with Crippen LogP contribution in [0, 0.1) is 12.7 Å². The second-order valence-electron chi connectivity index (χ2n) is 7.89. The topological polar surface area (TPSA) is 54.5 Å². The normalized spacial score (nSPS) is 15.7. The van der Waals surface area contributed by atoms with Crippen LogP contribution in [0.1, 0.15) is 22.3 Å². The van der Waals surface area contributed by atoms with Gasteiger partial charge < -0.3 is 15.0 Å². The summed E-state index contributed by atoms with van der Waals surface area (Å²) in [6, 6.07) is 11.3. The number of aryl methyl sites for hydroxylation is 1. The molecule has 3 aromatic rings. The molecule has 1 aliphatic heterocycles. The number of benzene rings is 2. The maximum atomic E-state index is 13.8. The van der Waals surface area contributed by atoms with E-state index in [-0.39, 0.29) is 24.7 Å². The monoisotopic (exact) mass is 459 g/mol. The lowest BCUT2D eigenvalue weighted by atomic mass is 9.94. The van der Waals surface area contributed by atoms with Gasteiger partial charge in [0, 0.05) is 24.5 Å². The molecule has 5 nitrogen and oxygen atoms in total. The van der Waals surface area contributed by atoms with Crippen LogP contribution < -0.4 is 10.1 Å². The fraction of sp³-hybridized carbons (Fsp3) is 0.250. The molecule has 0 spiro atoms. The van der Waals surface area contributed by atoms with Crippen molar-refractivity contribution in [1.29, 1.82) is 0 Å². The van der Waals surface area contributed by atoms with Gasteiger partial charge in [0.2, 0.25) is 5.88 Å². The fourth-order valence-corrected chi connectivity index (χ4v) is 3.69. The van der Waals surface area contributed by atoms with E-state index in [1.807, 2.05) is 13.0 Å². The van der Waals surface area contributed by atoms with Gasteiger partial charge in [-0.15, -0.1) is 0 Å². The molecule has 1 N–H and O–H groups in total. The molecule has 4 rings (SSSR count). The SMILES string of the molecule is Cc1ccc(OCC2Cc3cc(F)ccc3CN2C(=O)Nc2cccc(C(F)(F)F)c2)nc1. The number of alkyl halides is 3. The van der Waals surface area contributed by atoms with E-state index >= 15 is 0 Å². The first-order valence-corrected chi connectivity index (χ1v) is 10.3. The average Bonchev–Trinajstić information content (AvgIpc) is 2.77. The predicted molar refractivity (Wildman–Crippen MR) is 114 cm³/mol. The summed E-state index contributed by atoms with van der Waals surface area (Å²) in [4.78, 5) is 18.7. The van der Waals surface area contributed by atoms with E-state index in [1.165, 1.54) is 29.2 Å². The van der Waals surface area contributed by atoms with Crippen molar-refractivity contribution >= 4 is 11.7 Å². The molecule has 0 bridgehead atoms. The molecule has 1 atom stereocenters. The van der Waals surface area contributed by atoms with Crippen molar-refractivity contribution in [2.75, 3.05) is 11.9 Å². The number of carbonyl (C=O) groups is 1. The van der Waals surface area contributed by atoms with Crippen LogP contribution in [0.3, 0.4) is 0 Å². The Kier molecular flexibility index (Phi) is 6.22. The van der Waals surface area contributed by atoms with E-state index < -0.39 is 23.8 Å². The first-order chi connectivity index (χ1) is 15.7. The van der Waals surface area contributed by atoms with Gasteiger partial charge in [-0.1, -0.05) is 18.2 Å². The molecule has 1 unspecified atom stereocenters. The van der Waals surface area contributed by atoms with Gasteiger partial charge in [-0.05, 0) is 60.4 Å². The first kappa shape index (κ1) is 22.6. The second-order valence-corrected chi connectivity index (χ2v) is 7.89. The highest BCUT2D eigenvalue weighted by Crippen LogP contribution is 2.31. The zero-order chi connectivity index (χ0) is 23.6. The summed E-state index contributed by atoms with van der Waals surface area (Å²) >= 11 is 0. The summed E-state index contributed by atoms with van der Waals surface area (Å²) < 4.78 is 58.6. The standard InChI is InChI=1S/C24H21F4N3O2/c1-15-5-8-22(29-12-15)33-14-21-10-17-9-19(25)7-6-16(17)13-31(21)23(32)30-20-4-2-3-18(11-20)24(26,27)28/h2-9,11-12,21H,10,13-14H2,1H3,(H,30,32). The van der Waals surface area contributed by atoms with Crippen molar-refractivity contribution in [3.05, 3.63) is 88.9 Å². The van der Waals surface area contributed by atoms with E-state index in [0.717, 1.165) is 28.8 Å². The number of pyridine rings is 1. The quantitative estimate of drug-likeness (QED) is 0.518. The molecule has 0 radical (unpaired) electrons. The average molecular weight is 459 g/mol. The molecule has 0 aliphatic carbocycles. The highest BCUT2D eigenvalue weighted by atomic mass is 19.4. The van der Waals surface area contributed by atoms with Gasteiger partial charge >= 0.3 is 12.2 Å². The number of fused-ring (bicyclic) bond motifs is 1. The van der Waals surface area contributed by atoms with Crippen LogP contribution in [0.5, 0.6) is 5.88 Å². The van der Waals surface area contributed by atoms with Gasteiger partial charge in [0.1, 0.15) is 12.4 Å². The van der Waals surface area contributed by atoms with Crippen LogP contribution in [0.25, 0.3) is 0 Å². The Hall–Kier alpha value is -3.62. The van der Waals surface area contributed by atoms with Crippen molar-refractivity contribution in [1.82, 2.24) is 9.88 Å². The van der Waals surface area contributed by atoms with E-state index in [4.69, 9.17) is 4.74 Å². The number of hydrogen-bond acceptors (Lipinski definition) is 3. The Bertz CT molecular complexity index is 1150. The van der Waals surface area contributed by atoms with Gasteiger partial charge in [0.15, 0.2) is 0 Å². The number of carbonyl (C=O) groups excluding carboxylic acids is 1. The lowest BCUT2D eigenvalue weighted by Crippen LogP contribution is -2.49. The molecular formula is C24H21F4N3O2. The van der Waals surface area contributed by atoms with Crippen molar-refractivity contribution in [2.24, 2.45) is 0 Å². The lowest BCUT2D eigenvalue weighted by molar-refractivity contribution is -0.137. The summed E-state index contributed by atoms with van der Waals surface area (Å²) in [5, 5.41) is 2.54. The summed E-state index contributed by atoms with van der Waals surface area (Å²) in [5.74, 6) is -0.000590. The van der Waals surface area contributed by atoms with Crippen LogP contribution in [0.2, 0.25) is 0 Å². The summed E-state index contributed by atoms with van der Waals surface area (Å²) in [6.07, 6.45) is -2.54. The minimum Gasteiger partial charge on any atom is -0.475 e. The van der Waals surface area contributed by atoms with E-state index in [0.29, 0.717) is 12.3 Å². The fourth-order valence-electron chi connectivity index (χ4n) is 3.69.